The maximum absolute atomic E-state index is 13.7. The molecule has 100 valence electrons. The van der Waals surface area contributed by atoms with Gasteiger partial charge in [-0.1, -0.05) is 17.3 Å². The molecule has 5 heteroatoms. The molecule has 1 heterocycles. The van der Waals surface area contributed by atoms with Gasteiger partial charge in [-0.2, -0.15) is 4.98 Å². The van der Waals surface area contributed by atoms with Crippen molar-refractivity contribution in [3.8, 4) is 28.6 Å². The van der Waals surface area contributed by atoms with Crippen LogP contribution in [0.25, 0.3) is 22.8 Å². The second-order valence-corrected chi connectivity index (χ2v) is 4.40. The molecule has 0 aliphatic rings. The number of nitrogens with zero attached hydrogens (tertiary/aromatic N) is 2. The van der Waals surface area contributed by atoms with E-state index in [1.54, 1.807) is 30.3 Å². The van der Waals surface area contributed by atoms with Crippen LogP contribution in [0.3, 0.4) is 0 Å². The Hall–Kier alpha value is -2.69. The average Bonchev–Trinajstić information content (AvgIpc) is 2.88. The Bertz CT molecular complexity index is 768. The van der Waals surface area contributed by atoms with Gasteiger partial charge in [-0.15, -0.1) is 0 Å². The standard InChI is InChI=1S/C15H11FN2O2/c1-9-8-10(19)6-7-11(9)15-17-14(18-20-15)12-4-2-3-5-13(12)16/h2-8,19H,1H3. The molecule has 1 aromatic heterocycles. The first kappa shape index (κ1) is 12.3. The maximum atomic E-state index is 13.7. The highest BCUT2D eigenvalue weighted by molar-refractivity contribution is 5.63. The van der Waals surface area contributed by atoms with Crippen molar-refractivity contribution in [3.63, 3.8) is 0 Å². The second-order valence-electron chi connectivity index (χ2n) is 4.40. The number of aryl methyl sites for hydroxylation is 1. The van der Waals surface area contributed by atoms with E-state index in [0.717, 1.165) is 5.56 Å². The zero-order valence-corrected chi connectivity index (χ0v) is 10.7. The summed E-state index contributed by atoms with van der Waals surface area (Å²) in [4.78, 5) is 4.20. The Labute approximate surface area is 114 Å². The molecule has 4 nitrogen and oxygen atoms in total. The lowest BCUT2D eigenvalue weighted by Gasteiger charge is -2.00. The monoisotopic (exact) mass is 270 g/mol. The zero-order valence-electron chi connectivity index (χ0n) is 10.7. The first-order valence-corrected chi connectivity index (χ1v) is 6.04. The van der Waals surface area contributed by atoms with Gasteiger partial charge in [0.25, 0.3) is 5.89 Å². The molecular formula is C15H11FN2O2. The molecule has 0 saturated heterocycles. The zero-order chi connectivity index (χ0) is 14.1. The number of aromatic nitrogens is 2. The van der Waals surface area contributed by atoms with E-state index in [1.165, 1.54) is 12.1 Å². The van der Waals surface area contributed by atoms with Crippen molar-refractivity contribution in [2.24, 2.45) is 0 Å². The summed E-state index contributed by atoms with van der Waals surface area (Å²) in [6.45, 7) is 1.82. The third-order valence-corrected chi connectivity index (χ3v) is 2.98. The molecule has 0 aliphatic carbocycles. The third-order valence-electron chi connectivity index (χ3n) is 2.98. The largest absolute Gasteiger partial charge is 0.508 e. The minimum absolute atomic E-state index is 0.167. The van der Waals surface area contributed by atoms with Crippen molar-refractivity contribution >= 4 is 0 Å². The molecule has 3 rings (SSSR count). The van der Waals surface area contributed by atoms with E-state index < -0.39 is 5.82 Å². The molecule has 3 aromatic rings. The van der Waals surface area contributed by atoms with Gasteiger partial charge in [-0.05, 0) is 42.8 Å². The van der Waals surface area contributed by atoms with Crippen molar-refractivity contribution in [1.82, 2.24) is 10.1 Å². The number of aromatic hydroxyl groups is 1. The van der Waals surface area contributed by atoms with Crippen LogP contribution in [-0.4, -0.2) is 15.2 Å². The molecule has 0 atom stereocenters. The van der Waals surface area contributed by atoms with E-state index >= 15 is 0 Å². The van der Waals surface area contributed by atoms with Crippen molar-refractivity contribution in [3.05, 3.63) is 53.8 Å². The van der Waals surface area contributed by atoms with Crippen LogP contribution in [0.5, 0.6) is 5.75 Å². The summed E-state index contributed by atoms with van der Waals surface area (Å²) in [5.74, 6) is 0.258. The van der Waals surface area contributed by atoms with Crippen molar-refractivity contribution in [2.45, 2.75) is 6.92 Å². The molecule has 0 radical (unpaired) electrons. The van der Waals surface area contributed by atoms with Gasteiger partial charge in [0.05, 0.1) is 5.56 Å². The van der Waals surface area contributed by atoms with E-state index in [9.17, 15) is 9.50 Å². The molecule has 2 aromatic carbocycles. The Morgan fingerprint density at radius 2 is 1.90 bits per heavy atom. The average molecular weight is 270 g/mol. The molecule has 0 fully saturated rings. The summed E-state index contributed by atoms with van der Waals surface area (Å²) < 4.78 is 18.8. The lowest BCUT2D eigenvalue weighted by Crippen LogP contribution is -1.86. The molecule has 20 heavy (non-hydrogen) atoms. The first-order chi connectivity index (χ1) is 9.65. The predicted molar refractivity (Wildman–Crippen MR) is 71.5 cm³/mol. The highest BCUT2D eigenvalue weighted by atomic mass is 19.1. The van der Waals surface area contributed by atoms with Crippen molar-refractivity contribution in [2.75, 3.05) is 0 Å². The van der Waals surface area contributed by atoms with Gasteiger partial charge in [-0.3, -0.25) is 0 Å². The van der Waals surface area contributed by atoms with Crippen LogP contribution in [0.2, 0.25) is 0 Å². The summed E-state index contributed by atoms with van der Waals surface area (Å²) >= 11 is 0. The van der Waals surface area contributed by atoms with Crippen LogP contribution in [-0.2, 0) is 0 Å². The van der Waals surface area contributed by atoms with Crippen LogP contribution >= 0.6 is 0 Å². The van der Waals surface area contributed by atoms with Crippen molar-refractivity contribution < 1.29 is 14.0 Å². The Morgan fingerprint density at radius 3 is 2.65 bits per heavy atom. The second kappa shape index (κ2) is 4.77. The lowest BCUT2D eigenvalue weighted by molar-refractivity contribution is 0.431. The van der Waals surface area contributed by atoms with E-state index in [1.807, 2.05) is 6.92 Å². The number of benzene rings is 2. The fourth-order valence-corrected chi connectivity index (χ4v) is 1.97. The summed E-state index contributed by atoms with van der Waals surface area (Å²) in [6.07, 6.45) is 0. The number of rotatable bonds is 2. The topological polar surface area (TPSA) is 59.2 Å². The number of halogens is 1. The van der Waals surface area contributed by atoms with E-state index in [-0.39, 0.29) is 11.6 Å². The van der Waals surface area contributed by atoms with Gasteiger partial charge in [0, 0.05) is 5.56 Å². The number of phenols is 1. The summed E-state index contributed by atoms with van der Waals surface area (Å²) in [5, 5.41) is 13.2. The minimum Gasteiger partial charge on any atom is -0.508 e. The number of phenolic OH excluding ortho intramolecular Hbond substituents is 1. The summed E-state index contributed by atoms with van der Waals surface area (Å²) in [5.41, 5.74) is 1.80. The van der Waals surface area contributed by atoms with Crippen molar-refractivity contribution in [1.29, 1.82) is 0 Å². The van der Waals surface area contributed by atoms with Gasteiger partial charge < -0.3 is 9.63 Å². The van der Waals surface area contributed by atoms with Crippen LogP contribution < -0.4 is 0 Å². The molecule has 0 amide bonds. The summed E-state index contributed by atoms with van der Waals surface area (Å²) in [7, 11) is 0. The van der Waals surface area contributed by atoms with Gasteiger partial charge in [0.15, 0.2) is 0 Å². The van der Waals surface area contributed by atoms with Gasteiger partial charge in [0.2, 0.25) is 5.82 Å². The molecular weight excluding hydrogens is 259 g/mol. The summed E-state index contributed by atoms with van der Waals surface area (Å²) in [6, 6.07) is 11.1. The smallest absolute Gasteiger partial charge is 0.258 e. The lowest BCUT2D eigenvalue weighted by atomic mass is 10.1. The molecule has 0 unspecified atom stereocenters. The first-order valence-electron chi connectivity index (χ1n) is 6.04. The molecule has 0 aliphatic heterocycles. The number of hydrogen-bond donors (Lipinski definition) is 1. The fraction of sp³-hybridized carbons (Fsp3) is 0.0667. The minimum atomic E-state index is -0.401. The highest BCUT2D eigenvalue weighted by Crippen LogP contribution is 2.27. The van der Waals surface area contributed by atoms with Crippen LogP contribution in [0, 0.1) is 12.7 Å². The molecule has 0 spiro atoms. The highest BCUT2D eigenvalue weighted by Gasteiger charge is 2.15. The van der Waals surface area contributed by atoms with E-state index in [4.69, 9.17) is 4.52 Å². The Morgan fingerprint density at radius 1 is 1.10 bits per heavy atom. The Kier molecular flexibility index (Phi) is 2.95. The molecule has 0 saturated carbocycles. The van der Waals surface area contributed by atoms with Gasteiger partial charge in [-0.25, -0.2) is 4.39 Å². The van der Waals surface area contributed by atoms with Gasteiger partial charge in [0.1, 0.15) is 11.6 Å². The normalized spacial score (nSPS) is 10.7. The molecule has 1 N–H and O–H groups in total. The predicted octanol–water partition coefficient (Wildman–Crippen LogP) is 3.56. The number of hydrogen-bond acceptors (Lipinski definition) is 4. The maximum Gasteiger partial charge on any atom is 0.258 e. The van der Waals surface area contributed by atoms with E-state index in [0.29, 0.717) is 17.0 Å². The van der Waals surface area contributed by atoms with Crippen LogP contribution in [0.1, 0.15) is 5.56 Å². The molecule has 0 bridgehead atoms. The van der Waals surface area contributed by atoms with Crippen LogP contribution in [0.15, 0.2) is 47.0 Å². The van der Waals surface area contributed by atoms with E-state index in [2.05, 4.69) is 10.1 Å². The quantitative estimate of drug-likeness (QED) is 0.773. The SMILES string of the molecule is Cc1cc(O)ccc1-c1nc(-c2ccccc2F)no1. The Balaban J connectivity index is 2.04. The third kappa shape index (κ3) is 2.14. The van der Waals surface area contributed by atoms with Gasteiger partial charge >= 0.3 is 0 Å². The fourth-order valence-electron chi connectivity index (χ4n) is 1.97. The van der Waals surface area contributed by atoms with Crippen LogP contribution in [0.4, 0.5) is 4.39 Å².